The first-order valence-electron chi connectivity index (χ1n) is 9.05. The van der Waals surface area contributed by atoms with Gasteiger partial charge in [0, 0.05) is 11.6 Å². The van der Waals surface area contributed by atoms with Crippen LogP contribution in [0, 0.1) is 0 Å². The topological polar surface area (TPSA) is 118 Å². The molecular weight excluding hydrogens is 386 g/mol. The second-order valence-electron chi connectivity index (χ2n) is 6.42. The molecule has 0 fully saturated rings. The molecular formula is C21H17N5O4. The minimum Gasteiger partial charge on any atom is -0.451 e. The van der Waals surface area contributed by atoms with Crippen LogP contribution in [-0.2, 0) is 16.1 Å². The maximum Gasteiger partial charge on any atom is 0.328 e. The quantitative estimate of drug-likeness (QED) is 0.356. The Bertz CT molecular complexity index is 1180. The summed E-state index contributed by atoms with van der Waals surface area (Å²) in [5.41, 5.74) is 6.15. The van der Waals surface area contributed by atoms with E-state index in [1.165, 1.54) is 12.3 Å². The Balaban J connectivity index is 1.29. The minimum atomic E-state index is -1.03. The fourth-order valence-electron chi connectivity index (χ4n) is 2.80. The van der Waals surface area contributed by atoms with E-state index in [1.54, 1.807) is 29.1 Å². The zero-order valence-corrected chi connectivity index (χ0v) is 15.7. The van der Waals surface area contributed by atoms with Crippen LogP contribution in [0.4, 0.5) is 5.69 Å². The normalized spacial score (nSPS) is 10.5. The summed E-state index contributed by atoms with van der Waals surface area (Å²) in [5.74, 6) is -2.64. The Hall–Kier alpha value is -4.40. The Labute approximate surface area is 170 Å². The zero-order valence-electron chi connectivity index (χ0n) is 15.7. The smallest absolute Gasteiger partial charge is 0.328 e. The molecule has 0 aliphatic carbocycles. The molecule has 2 aromatic heterocycles. The fraction of sp³-hybridized carbons (Fsp3) is 0.0476. The number of carbonyl (C=O) groups excluding carboxylic acids is 3. The SMILES string of the molecule is O=C(NNC(=O)c1cc2ccccc2o1)C(=O)Nc1cnn(Cc2ccccc2)c1. The molecule has 2 heterocycles. The van der Waals surface area contributed by atoms with Crippen LogP contribution in [0.2, 0.25) is 0 Å². The van der Waals surface area contributed by atoms with Gasteiger partial charge in [0.25, 0.3) is 0 Å². The molecule has 0 saturated carbocycles. The first-order chi connectivity index (χ1) is 14.6. The number of hydrazine groups is 1. The highest BCUT2D eigenvalue weighted by Crippen LogP contribution is 2.18. The molecule has 2 aromatic carbocycles. The van der Waals surface area contributed by atoms with Crippen molar-refractivity contribution in [2.75, 3.05) is 5.32 Å². The summed E-state index contributed by atoms with van der Waals surface area (Å²) in [6, 6.07) is 18.3. The van der Waals surface area contributed by atoms with Gasteiger partial charge in [-0.1, -0.05) is 48.5 Å². The van der Waals surface area contributed by atoms with Gasteiger partial charge in [0.2, 0.25) is 0 Å². The summed E-state index contributed by atoms with van der Waals surface area (Å²) in [7, 11) is 0. The Morgan fingerprint density at radius 2 is 1.70 bits per heavy atom. The van der Waals surface area contributed by atoms with Crippen LogP contribution >= 0.6 is 0 Å². The highest BCUT2D eigenvalue weighted by Gasteiger charge is 2.17. The van der Waals surface area contributed by atoms with Gasteiger partial charge in [-0.3, -0.25) is 29.9 Å². The molecule has 0 aliphatic rings. The third kappa shape index (κ3) is 4.36. The molecule has 150 valence electrons. The molecule has 4 aromatic rings. The number of para-hydroxylation sites is 1. The lowest BCUT2D eigenvalue weighted by molar-refractivity contribution is -0.136. The van der Waals surface area contributed by atoms with E-state index in [9.17, 15) is 14.4 Å². The van der Waals surface area contributed by atoms with E-state index in [4.69, 9.17) is 4.42 Å². The van der Waals surface area contributed by atoms with E-state index in [1.807, 2.05) is 36.4 Å². The predicted octanol–water partition coefficient (Wildman–Crippen LogP) is 2.08. The van der Waals surface area contributed by atoms with E-state index in [-0.39, 0.29) is 5.76 Å². The number of nitrogens with one attached hydrogen (secondary N) is 3. The third-order valence-corrected chi connectivity index (χ3v) is 4.22. The molecule has 0 spiro atoms. The highest BCUT2D eigenvalue weighted by atomic mass is 16.3. The number of aromatic nitrogens is 2. The second kappa shape index (κ2) is 8.31. The second-order valence-corrected chi connectivity index (χ2v) is 6.42. The average Bonchev–Trinajstić information content (AvgIpc) is 3.39. The summed E-state index contributed by atoms with van der Waals surface area (Å²) < 4.78 is 7.03. The number of anilines is 1. The molecule has 0 aliphatic heterocycles. The van der Waals surface area contributed by atoms with E-state index in [0.717, 1.165) is 10.9 Å². The summed E-state index contributed by atoms with van der Waals surface area (Å²) in [5, 5.41) is 7.32. The minimum absolute atomic E-state index is 0.0131. The maximum absolute atomic E-state index is 12.1. The number of benzene rings is 2. The number of furan rings is 1. The number of rotatable bonds is 4. The van der Waals surface area contributed by atoms with Crippen molar-refractivity contribution in [2.45, 2.75) is 6.54 Å². The number of carbonyl (C=O) groups is 3. The van der Waals surface area contributed by atoms with Crippen molar-refractivity contribution in [3.05, 3.63) is 84.4 Å². The van der Waals surface area contributed by atoms with Crippen LogP contribution in [0.15, 0.2) is 77.5 Å². The first kappa shape index (κ1) is 18.9. The van der Waals surface area contributed by atoms with Crippen molar-refractivity contribution in [2.24, 2.45) is 0 Å². The summed E-state index contributed by atoms with van der Waals surface area (Å²) in [6.45, 7) is 0.524. The van der Waals surface area contributed by atoms with Gasteiger partial charge in [-0.2, -0.15) is 5.10 Å². The molecule has 0 bridgehead atoms. The fourth-order valence-corrected chi connectivity index (χ4v) is 2.80. The van der Waals surface area contributed by atoms with Crippen LogP contribution in [0.1, 0.15) is 16.1 Å². The van der Waals surface area contributed by atoms with E-state index in [2.05, 4.69) is 21.3 Å². The third-order valence-electron chi connectivity index (χ3n) is 4.22. The summed E-state index contributed by atoms with van der Waals surface area (Å²) in [6.07, 6.45) is 3.03. The van der Waals surface area contributed by atoms with E-state index >= 15 is 0 Å². The molecule has 9 heteroatoms. The molecule has 4 rings (SSSR count). The molecule has 0 radical (unpaired) electrons. The van der Waals surface area contributed by atoms with Crippen LogP contribution in [0.3, 0.4) is 0 Å². The average molecular weight is 403 g/mol. The first-order valence-corrected chi connectivity index (χ1v) is 9.05. The van der Waals surface area contributed by atoms with Crippen LogP contribution in [0.5, 0.6) is 0 Å². The molecule has 0 unspecified atom stereocenters. The lowest BCUT2D eigenvalue weighted by atomic mass is 10.2. The van der Waals surface area contributed by atoms with Gasteiger partial charge in [-0.15, -0.1) is 0 Å². The van der Waals surface area contributed by atoms with Gasteiger partial charge in [0.1, 0.15) is 5.58 Å². The lowest BCUT2D eigenvalue weighted by Crippen LogP contribution is -2.46. The molecule has 9 nitrogen and oxygen atoms in total. The number of fused-ring (bicyclic) bond motifs is 1. The van der Waals surface area contributed by atoms with Gasteiger partial charge in [0.05, 0.1) is 18.4 Å². The Morgan fingerprint density at radius 1 is 0.933 bits per heavy atom. The largest absolute Gasteiger partial charge is 0.451 e. The molecule has 3 amide bonds. The highest BCUT2D eigenvalue weighted by molar-refractivity contribution is 6.39. The van der Waals surface area contributed by atoms with Crippen LogP contribution in [0.25, 0.3) is 11.0 Å². The van der Waals surface area contributed by atoms with Crippen LogP contribution in [-0.4, -0.2) is 27.5 Å². The molecule has 0 saturated heterocycles. The monoisotopic (exact) mass is 403 g/mol. The number of hydrogen-bond acceptors (Lipinski definition) is 5. The Kier molecular flexibility index (Phi) is 5.25. The van der Waals surface area contributed by atoms with Crippen molar-refractivity contribution < 1.29 is 18.8 Å². The lowest BCUT2D eigenvalue weighted by Gasteiger charge is -2.05. The molecule has 3 N–H and O–H groups in total. The van der Waals surface area contributed by atoms with Crippen LogP contribution < -0.4 is 16.2 Å². The van der Waals surface area contributed by atoms with Gasteiger partial charge in [0.15, 0.2) is 5.76 Å². The van der Waals surface area contributed by atoms with Crippen molar-refractivity contribution >= 4 is 34.4 Å². The van der Waals surface area contributed by atoms with E-state index in [0.29, 0.717) is 17.8 Å². The summed E-state index contributed by atoms with van der Waals surface area (Å²) >= 11 is 0. The van der Waals surface area contributed by atoms with Crippen molar-refractivity contribution in [3.63, 3.8) is 0 Å². The maximum atomic E-state index is 12.1. The van der Waals surface area contributed by atoms with Gasteiger partial charge >= 0.3 is 17.7 Å². The molecule has 0 atom stereocenters. The summed E-state index contributed by atoms with van der Waals surface area (Å²) in [4.78, 5) is 36.1. The van der Waals surface area contributed by atoms with Crippen molar-refractivity contribution in [1.82, 2.24) is 20.6 Å². The predicted molar refractivity (Wildman–Crippen MR) is 108 cm³/mol. The molecule has 30 heavy (non-hydrogen) atoms. The van der Waals surface area contributed by atoms with Crippen molar-refractivity contribution in [1.29, 1.82) is 0 Å². The van der Waals surface area contributed by atoms with Gasteiger partial charge < -0.3 is 9.73 Å². The van der Waals surface area contributed by atoms with E-state index < -0.39 is 17.7 Å². The standard InChI is InChI=1S/C21H17N5O4/c27-19(18-10-15-8-4-5-9-17(15)30-18)24-25-21(29)20(28)23-16-11-22-26(13-16)12-14-6-2-1-3-7-14/h1-11,13H,12H2,(H,23,28)(H,24,27)(H,25,29). The van der Waals surface area contributed by atoms with Gasteiger partial charge in [-0.05, 0) is 17.7 Å². The Morgan fingerprint density at radius 3 is 2.50 bits per heavy atom. The number of nitrogens with zero attached hydrogens (tertiary/aromatic N) is 2. The van der Waals surface area contributed by atoms with Gasteiger partial charge in [-0.25, -0.2) is 0 Å². The zero-order chi connectivity index (χ0) is 20.9. The van der Waals surface area contributed by atoms with Crippen molar-refractivity contribution in [3.8, 4) is 0 Å². The number of amides is 3. The number of hydrogen-bond donors (Lipinski definition) is 3.